The van der Waals surface area contributed by atoms with Gasteiger partial charge < -0.3 is 10.3 Å². The summed E-state index contributed by atoms with van der Waals surface area (Å²) in [5.41, 5.74) is 8.21. The average molecular weight is 215 g/mol. The lowest BCUT2D eigenvalue weighted by atomic mass is 10.2. The highest BCUT2D eigenvalue weighted by molar-refractivity contribution is 5.12. The lowest BCUT2D eigenvalue weighted by molar-refractivity contribution is 0.660. The van der Waals surface area contributed by atoms with Crippen molar-refractivity contribution >= 4 is 0 Å². The van der Waals surface area contributed by atoms with E-state index < -0.39 is 0 Å². The van der Waals surface area contributed by atoms with Gasteiger partial charge in [-0.1, -0.05) is 0 Å². The minimum absolute atomic E-state index is 0.708. The highest BCUT2D eigenvalue weighted by Gasteiger charge is 2.00. The Bertz CT molecular complexity index is 420. The number of hydrogen-bond donors (Lipinski definition) is 1. The second-order valence-corrected chi connectivity index (χ2v) is 3.84. The van der Waals surface area contributed by atoms with Gasteiger partial charge >= 0.3 is 0 Å². The van der Waals surface area contributed by atoms with Crippen LogP contribution in [-0.4, -0.2) is 16.1 Å². The molecule has 0 radical (unpaired) electrons. The molecule has 2 rings (SSSR count). The van der Waals surface area contributed by atoms with Crippen LogP contribution in [-0.2, 0) is 19.4 Å². The second kappa shape index (κ2) is 5.47. The summed E-state index contributed by atoms with van der Waals surface area (Å²) in [7, 11) is 0. The van der Waals surface area contributed by atoms with Crippen LogP contribution >= 0.6 is 0 Å². The van der Waals surface area contributed by atoms with Crippen molar-refractivity contribution in [2.24, 2.45) is 5.73 Å². The predicted molar refractivity (Wildman–Crippen MR) is 65.1 cm³/mol. The number of rotatable bonds is 5. The summed E-state index contributed by atoms with van der Waals surface area (Å²) in [6.45, 7) is 1.71. The normalized spacial score (nSPS) is 10.6. The molecule has 0 spiro atoms. The lowest BCUT2D eigenvalue weighted by Crippen LogP contribution is -2.09. The quantitative estimate of drug-likeness (QED) is 0.823. The molecule has 3 heteroatoms. The van der Waals surface area contributed by atoms with E-state index in [2.05, 4.69) is 40.0 Å². The van der Waals surface area contributed by atoms with E-state index in [0.29, 0.717) is 6.54 Å². The first-order valence-electron chi connectivity index (χ1n) is 5.63. The van der Waals surface area contributed by atoms with Crippen LogP contribution in [0.5, 0.6) is 0 Å². The molecule has 0 amide bonds. The molecule has 2 aromatic heterocycles. The van der Waals surface area contributed by atoms with Crippen molar-refractivity contribution in [2.45, 2.75) is 19.4 Å². The molecule has 2 heterocycles. The van der Waals surface area contributed by atoms with Crippen molar-refractivity contribution in [3.8, 4) is 0 Å². The fourth-order valence-electron chi connectivity index (χ4n) is 1.84. The summed E-state index contributed by atoms with van der Waals surface area (Å²) in [6, 6.07) is 8.34. The first-order chi connectivity index (χ1) is 7.90. The maximum Gasteiger partial charge on any atom is 0.0270 e. The monoisotopic (exact) mass is 215 g/mol. The van der Waals surface area contributed by atoms with Crippen LogP contribution < -0.4 is 5.73 Å². The minimum Gasteiger partial charge on any atom is -0.351 e. The molecule has 0 bridgehead atoms. The molecule has 16 heavy (non-hydrogen) atoms. The van der Waals surface area contributed by atoms with Gasteiger partial charge in [0, 0.05) is 30.8 Å². The fraction of sp³-hybridized carbons (Fsp3) is 0.308. The number of nitrogens with two attached hydrogens (primary N) is 1. The molecule has 0 unspecified atom stereocenters. The third-order valence-corrected chi connectivity index (χ3v) is 2.71. The van der Waals surface area contributed by atoms with Crippen LogP contribution in [0, 0.1) is 0 Å². The van der Waals surface area contributed by atoms with Gasteiger partial charge in [-0.05, 0) is 49.2 Å². The van der Waals surface area contributed by atoms with Gasteiger partial charge in [0.1, 0.15) is 0 Å². The predicted octanol–water partition coefficient (Wildman–Crippen LogP) is 1.63. The fourth-order valence-corrected chi connectivity index (χ4v) is 1.84. The topological polar surface area (TPSA) is 43.8 Å². The van der Waals surface area contributed by atoms with Crippen LogP contribution in [0.4, 0.5) is 0 Å². The smallest absolute Gasteiger partial charge is 0.0270 e. The number of nitrogens with zero attached hydrogens (tertiary/aromatic N) is 2. The summed E-state index contributed by atoms with van der Waals surface area (Å²) in [5.74, 6) is 0. The van der Waals surface area contributed by atoms with Crippen molar-refractivity contribution in [1.29, 1.82) is 0 Å². The zero-order chi connectivity index (χ0) is 11.2. The van der Waals surface area contributed by atoms with Gasteiger partial charge in [-0.25, -0.2) is 0 Å². The first kappa shape index (κ1) is 10.9. The Morgan fingerprint density at radius 3 is 2.69 bits per heavy atom. The Labute approximate surface area is 95.9 Å². The summed E-state index contributed by atoms with van der Waals surface area (Å²) < 4.78 is 2.27. The van der Waals surface area contributed by atoms with E-state index in [-0.39, 0.29) is 0 Å². The van der Waals surface area contributed by atoms with Crippen molar-refractivity contribution in [1.82, 2.24) is 9.55 Å². The Morgan fingerprint density at radius 2 is 1.94 bits per heavy atom. The molecule has 0 fully saturated rings. The zero-order valence-electron chi connectivity index (χ0n) is 9.34. The minimum atomic E-state index is 0.708. The van der Waals surface area contributed by atoms with Crippen molar-refractivity contribution in [2.75, 3.05) is 6.54 Å². The highest BCUT2D eigenvalue weighted by atomic mass is 15.0. The van der Waals surface area contributed by atoms with E-state index in [1.54, 1.807) is 0 Å². The molecule has 0 aliphatic rings. The third-order valence-electron chi connectivity index (χ3n) is 2.71. The molecule has 0 saturated carbocycles. The zero-order valence-corrected chi connectivity index (χ0v) is 9.34. The average Bonchev–Trinajstić information content (AvgIpc) is 2.76. The lowest BCUT2D eigenvalue weighted by Gasteiger charge is -2.08. The molecule has 0 aliphatic carbocycles. The number of aryl methyl sites for hydroxylation is 2. The Kier molecular flexibility index (Phi) is 3.72. The molecule has 84 valence electrons. The Hall–Kier alpha value is -1.61. The van der Waals surface area contributed by atoms with Crippen molar-refractivity contribution in [3.63, 3.8) is 0 Å². The summed E-state index contributed by atoms with van der Waals surface area (Å²) in [5, 5.41) is 0. The molecule has 0 aliphatic heterocycles. The van der Waals surface area contributed by atoms with Gasteiger partial charge in [0.25, 0.3) is 0 Å². The van der Waals surface area contributed by atoms with Crippen molar-refractivity contribution < 1.29 is 0 Å². The van der Waals surface area contributed by atoms with Gasteiger partial charge in [0.2, 0.25) is 0 Å². The molecule has 2 aromatic rings. The molecule has 0 aromatic carbocycles. The second-order valence-electron chi connectivity index (χ2n) is 3.84. The number of aromatic nitrogens is 2. The maximum atomic E-state index is 5.57. The Morgan fingerprint density at radius 1 is 1.12 bits per heavy atom. The van der Waals surface area contributed by atoms with E-state index >= 15 is 0 Å². The number of hydrogen-bond acceptors (Lipinski definition) is 2. The molecule has 3 nitrogen and oxygen atoms in total. The van der Waals surface area contributed by atoms with Gasteiger partial charge in [0.15, 0.2) is 0 Å². The van der Waals surface area contributed by atoms with Crippen LogP contribution in [0.3, 0.4) is 0 Å². The summed E-state index contributed by atoms with van der Waals surface area (Å²) >= 11 is 0. The van der Waals surface area contributed by atoms with E-state index in [1.165, 1.54) is 11.3 Å². The van der Waals surface area contributed by atoms with E-state index in [1.807, 2.05) is 12.4 Å². The number of pyridine rings is 1. The largest absolute Gasteiger partial charge is 0.351 e. The highest BCUT2D eigenvalue weighted by Crippen LogP contribution is 2.06. The van der Waals surface area contributed by atoms with Gasteiger partial charge in [-0.15, -0.1) is 0 Å². The van der Waals surface area contributed by atoms with Gasteiger partial charge in [0.05, 0.1) is 0 Å². The van der Waals surface area contributed by atoms with Crippen LogP contribution in [0.1, 0.15) is 11.3 Å². The van der Waals surface area contributed by atoms with Gasteiger partial charge in [-0.2, -0.15) is 0 Å². The third kappa shape index (κ3) is 2.70. The SMILES string of the molecule is NCCc1cccn1CCc1ccncc1. The van der Waals surface area contributed by atoms with Crippen LogP contribution in [0.25, 0.3) is 0 Å². The van der Waals surface area contributed by atoms with Crippen LogP contribution in [0.2, 0.25) is 0 Å². The van der Waals surface area contributed by atoms with Crippen LogP contribution in [0.15, 0.2) is 42.9 Å². The molecular weight excluding hydrogens is 198 g/mol. The van der Waals surface area contributed by atoms with Crippen molar-refractivity contribution in [3.05, 3.63) is 54.1 Å². The molecule has 0 atom stereocenters. The summed E-state index contributed by atoms with van der Waals surface area (Å²) in [6.07, 6.45) is 7.78. The van der Waals surface area contributed by atoms with E-state index in [4.69, 9.17) is 5.73 Å². The van der Waals surface area contributed by atoms with E-state index in [0.717, 1.165) is 19.4 Å². The van der Waals surface area contributed by atoms with E-state index in [9.17, 15) is 0 Å². The Balaban J connectivity index is 1.97. The standard InChI is InChI=1S/C13H17N3/c14-7-3-13-2-1-10-16(13)11-6-12-4-8-15-9-5-12/h1-2,4-5,8-10H,3,6-7,11,14H2. The molecule has 0 saturated heterocycles. The maximum absolute atomic E-state index is 5.57. The first-order valence-corrected chi connectivity index (χ1v) is 5.63. The molecule has 2 N–H and O–H groups in total. The van der Waals surface area contributed by atoms with Gasteiger partial charge in [-0.3, -0.25) is 4.98 Å². The molecular formula is C13H17N3. The summed E-state index contributed by atoms with van der Waals surface area (Å²) in [4.78, 5) is 4.01.